The van der Waals surface area contributed by atoms with E-state index in [9.17, 15) is 4.79 Å². The van der Waals surface area contributed by atoms with Gasteiger partial charge in [0.05, 0.1) is 7.11 Å². The number of anilines is 1. The van der Waals surface area contributed by atoms with Gasteiger partial charge in [-0.15, -0.1) is 0 Å². The molecule has 1 rings (SSSR count). The van der Waals surface area contributed by atoms with Gasteiger partial charge in [-0.05, 0) is 31.9 Å². The fraction of sp³-hybridized carbons (Fsp3) is 0.562. The molecule has 0 aromatic heterocycles. The summed E-state index contributed by atoms with van der Waals surface area (Å²) in [6.45, 7) is 7.03. The summed E-state index contributed by atoms with van der Waals surface area (Å²) in [4.78, 5) is 14.7. The maximum atomic E-state index is 12.8. The van der Waals surface area contributed by atoms with Gasteiger partial charge in [0.15, 0.2) is 0 Å². The monoisotopic (exact) mass is 278 g/mol. The highest BCUT2D eigenvalue weighted by atomic mass is 16.5. The number of hydrogen-bond donors (Lipinski definition) is 1. The second-order valence-electron chi connectivity index (χ2n) is 5.03. The molecule has 112 valence electrons. The Morgan fingerprint density at radius 2 is 2.10 bits per heavy atom. The quantitative estimate of drug-likeness (QED) is 0.778. The largest absolute Gasteiger partial charge is 0.496 e. The minimum absolute atomic E-state index is 0.0391. The van der Waals surface area contributed by atoms with Crippen LogP contribution in [0.25, 0.3) is 0 Å². The van der Waals surface area contributed by atoms with E-state index in [0.29, 0.717) is 17.0 Å². The summed E-state index contributed by atoms with van der Waals surface area (Å²) in [5.74, 6) is 0.502. The zero-order chi connectivity index (χ0) is 15.1. The van der Waals surface area contributed by atoms with Crippen LogP contribution in [0.4, 0.5) is 5.69 Å². The number of hydrogen-bond acceptors (Lipinski definition) is 3. The molecule has 0 spiro atoms. The number of nitrogens with two attached hydrogens (primary N) is 1. The minimum atomic E-state index is -0.0391. The van der Waals surface area contributed by atoms with Crippen molar-refractivity contribution in [3.8, 4) is 5.75 Å². The first-order valence-electron chi connectivity index (χ1n) is 7.30. The number of unbranched alkanes of at least 4 members (excludes halogenated alkanes) is 1. The van der Waals surface area contributed by atoms with Crippen molar-refractivity contribution >= 4 is 11.6 Å². The maximum absolute atomic E-state index is 12.8. The summed E-state index contributed by atoms with van der Waals surface area (Å²) >= 11 is 0. The van der Waals surface area contributed by atoms with Gasteiger partial charge in [-0.3, -0.25) is 4.79 Å². The highest BCUT2D eigenvalue weighted by molar-refractivity contribution is 6.02. The van der Waals surface area contributed by atoms with Crippen molar-refractivity contribution in [1.29, 1.82) is 0 Å². The molecule has 0 saturated heterocycles. The highest BCUT2D eigenvalue weighted by Crippen LogP contribution is 2.27. The van der Waals surface area contributed by atoms with Crippen LogP contribution in [0, 0.1) is 0 Å². The number of carbonyl (C=O) groups is 1. The topological polar surface area (TPSA) is 55.6 Å². The number of ether oxygens (including phenoxy) is 1. The SMILES string of the molecule is CCCCN(C(=O)c1c(N)cccc1OC)C(C)CC. The van der Waals surface area contributed by atoms with E-state index in [1.54, 1.807) is 25.3 Å². The van der Waals surface area contributed by atoms with E-state index >= 15 is 0 Å². The Bertz CT molecular complexity index is 446. The van der Waals surface area contributed by atoms with Gasteiger partial charge in [-0.25, -0.2) is 0 Å². The van der Waals surface area contributed by atoms with Gasteiger partial charge in [0.2, 0.25) is 0 Å². The number of methoxy groups -OCH3 is 1. The Labute approximate surface area is 121 Å². The molecular formula is C16H26N2O2. The van der Waals surface area contributed by atoms with Crippen LogP contribution in [0.5, 0.6) is 5.75 Å². The first-order chi connectivity index (χ1) is 9.56. The van der Waals surface area contributed by atoms with E-state index in [4.69, 9.17) is 10.5 Å². The molecule has 0 aliphatic rings. The molecule has 1 unspecified atom stereocenters. The number of rotatable bonds is 7. The van der Waals surface area contributed by atoms with Crippen LogP contribution in [0.2, 0.25) is 0 Å². The molecule has 1 aromatic rings. The molecule has 2 N–H and O–H groups in total. The third-order valence-corrected chi connectivity index (χ3v) is 3.63. The van der Waals surface area contributed by atoms with Crippen LogP contribution in [0.15, 0.2) is 18.2 Å². The lowest BCUT2D eigenvalue weighted by atomic mass is 10.1. The first-order valence-corrected chi connectivity index (χ1v) is 7.30. The van der Waals surface area contributed by atoms with E-state index < -0.39 is 0 Å². The molecule has 4 nitrogen and oxygen atoms in total. The van der Waals surface area contributed by atoms with Crippen molar-refractivity contribution in [2.45, 2.75) is 46.1 Å². The smallest absolute Gasteiger partial charge is 0.259 e. The van der Waals surface area contributed by atoms with Crippen LogP contribution in [-0.2, 0) is 0 Å². The van der Waals surface area contributed by atoms with Crippen LogP contribution in [0.1, 0.15) is 50.4 Å². The van der Waals surface area contributed by atoms with Crippen LogP contribution in [0.3, 0.4) is 0 Å². The summed E-state index contributed by atoms with van der Waals surface area (Å²) in [6.07, 6.45) is 2.97. The second kappa shape index (κ2) is 7.78. The van der Waals surface area contributed by atoms with Crippen molar-refractivity contribution in [3.63, 3.8) is 0 Å². The Morgan fingerprint density at radius 1 is 1.40 bits per heavy atom. The summed E-state index contributed by atoms with van der Waals surface area (Å²) in [7, 11) is 1.56. The van der Waals surface area contributed by atoms with Crippen LogP contribution < -0.4 is 10.5 Å². The average molecular weight is 278 g/mol. The van der Waals surface area contributed by atoms with Crippen molar-refractivity contribution in [1.82, 2.24) is 4.90 Å². The second-order valence-corrected chi connectivity index (χ2v) is 5.03. The molecule has 0 aliphatic heterocycles. The summed E-state index contributed by atoms with van der Waals surface area (Å²) in [6, 6.07) is 5.51. The third kappa shape index (κ3) is 3.65. The molecule has 1 atom stereocenters. The first kappa shape index (κ1) is 16.3. The Hall–Kier alpha value is -1.71. The third-order valence-electron chi connectivity index (χ3n) is 3.63. The van der Waals surface area contributed by atoms with Crippen molar-refractivity contribution in [2.75, 3.05) is 19.4 Å². The summed E-state index contributed by atoms with van der Waals surface area (Å²) < 4.78 is 5.29. The molecule has 1 aromatic carbocycles. The average Bonchev–Trinajstić information content (AvgIpc) is 2.46. The summed E-state index contributed by atoms with van der Waals surface area (Å²) in [5.41, 5.74) is 6.93. The highest BCUT2D eigenvalue weighted by Gasteiger charge is 2.24. The molecule has 20 heavy (non-hydrogen) atoms. The van der Waals surface area contributed by atoms with Gasteiger partial charge in [0.25, 0.3) is 5.91 Å². The van der Waals surface area contributed by atoms with Gasteiger partial charge in [0, 0.05) is 18.3 Å². The lowest BCUT2D eigenvalue weighted by Crippen LogP contribution is -2.39. The standard InChI is InChI=1S/C16H26N2O2/c1-5-7-11-18(12(3)6-2)16(19)15-13(17)9-8-10-14(15)20-4/h8-10,12H,5-7,11,17H2,1-4H3. The molecule has 0 fully saturated rings. The van der Waals surface area contributed by atoms with Crippen molar-refractivity contribution in [2.24, 2.45) is 0 Å². The normalized spacial score (nSPS) is 12.0. The molecule has 0 saturated carbocycles. The summed E-state index contributed by atoms with van der Waals surface area (Å²) in [5, 5.41) is 0. The fourth-order valence-corrected chi connectivity index (χ4v) is 2.16. The molecule has 4 heteroatoms. The fourth-order valence-electron chi connectivity index (χ4n) is 2.16. The van der Waals surface area contributed by atoms with Gasteiger partial charge < -0.3 is 15.4 Å². The molecule has 1 amide bonds. The lowest BCUT2D eigenvalue weighted by molar-refractivity contribution is 0.0683. The number of benzene rings is 1. The molecule has 0 radical (unpaired) electrons. The van der Waals surface area contributed by atoms with Gasteiger partial charge in [-0.2, -0.15) is 0 Å². The molecule has 0 bridgehead atoms. The van der Waals surface area contributed by atoms with E-state index in [1.165, 1.54) is 0 Å². The van der Waals surface area contributed by atoms with E-state index in [2.05, 4.69) is 20.8 Å². The van der Waals surface area contributed by atoms with E-state index in [1.807, 2.05) is 4.90 Å². The minimum Gasteiger partial charge on any atom is -0.496 e. The van der Waals surface area contributed by atoms with E-state index in [-0.39, 0.29) is 11.9 Å². The van der Waals surface area contributed by atoms with Gasteiger partial charge >= 0.3 is 0 Å². The van der Waals surface area contributed by atoms with E-state index in [0.717, 1.165) is 25.8 Å². The number of carbonyl (C=O) groups excluding carboxylic acids is 1. The van der Waals surface area contributed by atoms with Gasteiger partial charge in [0.1, 0.15) is 11.3 Å². The zero-order valence-corrected chi connectivity index (χ0v) is 13.0. The Kier molecular flexibility index (Phi) is 6.36. The Morgan fingerprint density at radius 3 is 2.65 bits per heavy atom. The van der Waals surface area contributed by atoms with Crippen LogP contribution in [-0.4, -0.2) is 30.5 Å². The van der Waals surface area contributed by atoms with Crippen LogP contribution >= 0.6 is 0 Å². The maximum Gasteiger partial charge on any atom is 0.259 e. The predicted octanol–water partition coefficient (Wildman–Crippen LogP) is 3.32. The molecule has 0 aliphatic carbocycles. The van der Waals surface area contributed by atoms with Gasteiger partial charge in [-0.1, -0.05) is 26.3 Å². The molecular weight excluding hydrogens is 252 g/mol. The predicted molar refractivity (Wildman–Crippen MR) is 83.1 cm³/mol. The van der Waals surface area contributed by atoms with Crippen molar-refractivity contribution in [3.05, 3.63) is 23.8 Å². The lowest BCUT2D eigenvalue weighted by Gasteiger charge is -2.29. The van der Waals surface area contributed by atoms with Crippen molar-refractivity contribution < 1.29 is 9.53 Å². The number of nitrogens with zero attached hydrogens (tertiary/aromatic N) is 1. The zero-order valence-electron chi connectivity index (χ0n) is 13.0. The Balaban J connectivity index is 3.11. The number of nitrogen functional groups attached to an aromatic ring is 1. The number of amides is 1. The molecule has 0 heterocycles.